The number of hydrogen-bond acceptors (Lipinski definition) is 2. The molecule has 0 atom stereocenters. The van der Waals surface area contributed by atoms with Crippen molar-refractivity contribution in [2.75, 3.05) is 0 Å². The van der Waals surface area contributed by atoms with Crippen molar-refractivity contribution in [3.05, 3.63) is 23.1 Å². The van der Waals surface area contributed by atoms with E-state index in [0.29, 0.717) is 11.5 Å². The molecule has 0 bridgehead atoms. The molecule has 2 heterocycles. The Bertz CT molecular complexity index is 554. The predicted octanol–water partition coefficient (Wildman–Crippen LogP) is 2.60. The molecule has 0 saturated heterocycles. The van der Waals surface area contributed by atoms with Crippen molar-refractivity contribution in [2.45, 2.75) is 20.0 Å². The van der Waals surface area contributed by atoms with Crippen LogP contribution in [-0.4, -0.2) is 14.5 Å². The van der Waals surface area contributed by atoms with Crippen LogP contribution in [0.1, 0.15) is 17.1 Å². The molecule has 0 amide bonds. The molecule has 0 aliphatic heterocycles. The number of rotatable bonds is 0. The molecule has 2 rings (SSSR count). The Labute approximate surface area is 89.9 Å². The van der Waals surface area contributed by atoms with E-state index in [1.807, 2.05) is 0 Å². The number of nitrogens with zero attached hydrogens (tertiary/aromatic N) is 3. The van der Waals surface area contributed by atoms with Crippen LogP contribution in [-0.2, 0) is 13.2 Å². The van der Waals surface area contributed by atoms with Gasteiger partial charge in [0.15, 0.2) is 5.65 Å². The van der Waals surface area contributed by atoms with Crippen LogP contribution in [0, 0.1) is 13.8 Å². The second kappa shape index (κ2) is 3.20. The molecule has 16 heavy (non-hydrogen) atoms. The summed E-state index contributed by atoms with van der Waals surface area (Å²) in [4.78, 5) is 7.97. The van der Waals surface area contributed by atoms with E-state index in [1.165, 1.54) is 6.92 Å². The Morgan fingerprint density at radius 2 is 1.81 bits per heavy atom. The first-order valence-electron chi connectivity index (χ1n) is 4.68. The van der Waals surface area contributed by atoms with Gasteiger partial charge in [-0.15, -0.1) is 0 Å². The van der Waals surface area contributed by atoms with Crippen LogP contribution < -0.4 is 0 Å². The van der Waals surface area contributed by atoms with Crippen LogP contribution in [0.4, 0.5) is 13.2 Å². The zero-order chi connectivity index (χ0) is 12.1. The predicted molar refractivity (Wildman–Crippen MR) is 53.0 cm³/mol. The van der Waals surface area contributed by atoms with Gasteiger partial charge in [-0.1, -0.05) is 0 Å². The SMILES string of the molecule is Cc1cc(C(F)(F)F)c2nc(C)n(C)c2n1. The van der Waals surface area contributed by atoms with Crippen LogP contribution in [0.25, 0.3) is 11.2 Å². The fourth-order valence-electron chi connectivity index (χ4n) is 1.60. The van der Waals surface area contributed by atoms with Crippen molar-refractivity contribution in [2.24, 2.45) is 7.05 Å². The van der Waals surface area contributed by atoms with E-state index in [2.05, 4.69) is 9.97 Å². The topological polar surface area (TPSA) is 30.7 Å². The van der Waals surface area contributed by atoms with E-state index in [-0.39, 0.29) is 11.2 Å². The molecular weight excluding hydrogens is 219 g/mol. The van der Waals surface area contributed by atoms with Gasteiger partial charge in [0.05, 0.1) is 5.56 Å². The smallest absolute Gasteiger partial charge is 0.316 e. The highest BCUT2D eigenvalue weighted by Gasteiger charge is 2.34. The number of aryl methyl sites for hydroxylation is 3. The van der Waals surface area contributed by atoms with E-state index in [9.17, 15) is 13.2 Å². The Morgan fingerprint density at radius 1 is 1.19 bits per heavy atom. The Kier molecular flexibility index (Phi) is 2.18. The van der Waals surface area contributed by atoms with Gasteiger partial charge in [-0.2, -0.15) is 13.2 Å². The van der Waals surface area contributed by atoms with Gasteiger partial charge in [0, 0.05) is 12.7 Å². The van der Waals surface area contributed by atoms with Gasteiger partial charge in [-0.25, -0.2) is 9.97 Å². The average Bonchev–Trinajstić information content (AvgIpc) is 2.42. The summed E-state index contributed by atoms with van der Waals surface area (Å²) < 4.78 is 39.8. The number of pyridine rings is 1. The van der Waals surface area contributed by atoms with E-state index in [4.69, 9.17) is 0 Å². The standard InChI is InChI=1S/C10H10F3N3/c1-5-4-7(10(11,12)13)8-9(14-5)16(3)6(2)15-8/h4H,1-3H3. The zero-order valence-corrected chi connectivity index (χ0v) is 9.05. The molecule has 2 aromatic rings. The van der Waals surface area contributed by atoms with Gasteiger partial charge in [-0.3, -0.25) is 0 Å². The first-order chi connectivity index (χ1) is 7.30. The summed E-state index contributed by atoms with van der Waals surface area (Å²) in [6.45, 7) is 3.19. The number of fused-ring (bicyclic) bond motifs is 1. The maximum atomic E-state index is 12.8. The molecule has 86 valence electrons. The fourth-order valence-corrected chi connectivity index (χ4v) is 1.60. The van der Waals surface area contributed by atoms with Crippen LogP contribution in [0.15, 0.2) is 6.07 Å². The van der Waals surface area contributed by atoms with Gasteiger partial charge in [0.25, 0.3) is 0 Å². The molecule has 3 nitrogen and oxygen atoms in total. The summed E-state index contributed by atoms with van der Waals surface area (Å²) in [5, 5.41) is 0. The summed E-state index contributed by atoms with van der Waals surface area (Å²) in [5.41, 5.74) is -0.204. The minimum Gasteiger partial charge on any atom is -0.316 e. The van der Waals surface area contributed by atoms with Gasteiger partial charge in [0.1, 0.15) is 11.3 Å². The minimum absolute atomic E-state index is 0.0851. The number of halogens is 3. The second-order valence-electron chi connectivity index (χ2n) is 3.70. The zero-order valence-electron chi connectivity index (χ0n) is 9.05. The van der Waals surface area contributed by atoms with Crippen molar-refractivity contribution in [1.29, 1.82) is 0 Å². The molecule has 0 N–H and O–H groups in total. The van der Waals surface area contributed by atoms with E-state index in [0.717, 1.165) is 6.07 Å². The van der Waals surface area contributed by atoms with Crippen LogP contribution >= 0.6 is 0 Å². The minimum atomic E-state index is -4.40. The Morgan fingerprint density at radius 3 is 2.38 bits per heavy atom. The molecule has 0 aromatic carbocycles. The molecular formula is C10H10F3N3. The highest BCUT2D eigenvalue weighted by molar-refractivity contribution is 5.76. The first kappa shape index (κ1) is 10.9. The van der Waals surface area contributed by atoms with Gasteiger partial charge in [0.2, 0.25) is 0 Å². The van der Waals surface area contributed by atoms with Gasteiger partial charge < -0.3 is 4.57 Å². The molecule has 0 aliphatic rings. The number of hydrogen-bond donors (Lipinski definition) is 0. The molecule has 0 unspecified atom stereocenters. The third-order valence-corrected chi connectivity index (χ3v) is 2.48. The quantitative estimate of drug-likeness (QED) is 0.695. The van der Waals surface area contributed by atoms with E-state index >= 15 is 0 Å². The second-order valence-corrected chi connectivity index (χ2v) is 3.70. The van der Waals surface area contributed by atoms with Crippen molar-refractivity contribution in [3.8, 4) is 0 Å². The molecule has 0 aliphatic carbocycles. The lowest BCUT2D eigenvalue weighted by atomic mass is 10.2. The normalized spacial score (nSPS) is 12.4. The molecule has 6 heteroatoms. The summed E-state index contributed by atoms with van der Waals surface area (Å²) in [6, 6.07) is 1.02. The Hall–Kier alpha value is -1.59. The third kappa shape index (κ3) is 1.54. The van der Waals surface area contributed by atoms with Gasteiger partial charge in [-0.05, 0) is 19.9 Å². The molecule has 0 fully saturated rings. The summed E-state index contributed by atoms with van der Waals surface area (Å²) in [6.07, 6.45) is -4.40. The average molecular weight is 229 g/mol. The van der Waals surface area contributed by atoms with Crippen LogP contribution in [0.5, 0.6) is 0 Å². The Balaban J connectivity index is 2.89. The molecule has 0 spiro atoms. The molecule has 0 radical (unpaired) electrons. The van der Waals surface area contributed by atoms with Crippen molar-refractivity contribution in [1.82, 2.24) is 14.5 Å². The lowest BCUT2D eigenvalue weighted by Crippen LogP contribution is -2.07. The lowest BCUT2D eigenvalue weighted by Gasteiger charge is -2.08. The number of aromatic nitrogens is 3. The van der Waals surface area contributed by atoms with Gasteiger partial charge >= 0.3 is 6.18 Å². The van der Waals surface area contributed by atoms with E-state index < -0.39 is 11.7 Å². The number of imidazole rings is 1. The van der Waals surface area contributed by atoms with Crippen molar-refractivity contribution >= 4 is 11.2 Å². The van der Waals surface area contributed by atoms with Crippen LogP contribution in [0.3, 0.4) is 0 Å². The number of alkyl halides is 3. The summed E-state index contributed by atoms with van der Waals surface area (Å²) in [5.74, 6) is 0.513. The molecule has 0 saturated carbocycles. The van der Waals surface area contributed by atoms with Crippen molar-refractivity contribution in [3.63, 3.8) is 0 Å². The van der Waals surface area contributed by atoms with Crippen molar-refractivity contribution < 1.29 is 13.2 Å². The largest absolute Gasteiger partial charge is 0.418 e. The monoisotopic (exact) mass is 229 g/mol. The first-order valence-corrected chi connectivity index (χ1v) is 4.68. The van der Waals surface area contributed by atoms with E-state index in [1.54, 1.807) is 18.5 Å². The fraction of sp³-hybridized carbons (Fsp3) is 0.400. The highest BCUT2D eigenvalue weighted by atomic mass is 19.4. The lowest BCUT2D eigenvalue weighted by molar-refractivity contribution is -0.136. The highest BCUT2D eigenvalue weighted by Crippen LogP contribution is 2.34. The summed E-state index contributed by atoms with van der Waals surface area (Å²) in [7, 11) is 1.65. The maximum Gasteiger partial charge on any atom is 0.418 e. The third-order valence-electron chi connectivity index (χ3n) is 2.48. The maximum absolute atomic E-state index is 12.8. The summed E-state index contributed by atoms with van der Waals surface area (Å²) >= 11 is 0. The van der Waals surface area contributed by atoms with Crippen LogP contribution in [0.2, 0.25) is 0 Å². The molecule has 2 aromatic heterocycles.